The standard InChI is InChI=1S/C18H20FNO3/c1-2-3-12-22-15-10-8-14(9-11-15)13-20-18(21)23-17-7-5-4-6-16(17)19/h4-11H,2-3,12-13H2,1H3,(H,20,21). The van der Waals surface area contributed by atoms with Crippen molar-refractivity contribution < 1.29 is 18.7 Å². The van der Waals surface area contributed by atoms with Gasteiger partial charge in [0, 0.05) is 6.54 Å². The molecule has 23 heavy (non-hydrogen) atoms. The van der Waals surface area contributed by atoms with E-state index in [0.717, 1.165) is 24.2 Å². The van der Waals surface area contributed by atoms with E-state index in [0.29, 0.717) is 13.2 Å². The first kappa shape index (κ1) is 16.8. The molecule has 0 radical (unpaired) electrons. The molecule has 0 saturated heterocycles. The van der Waals surface area contributed by atoms with Crippen LogP contribution in [0.4, 0.5) is 9.18 Å². The van der Waals surface area contributed by atoms with Gasteiger partial charge in [-0.3, -0.25) is 0 Å². The van der Waals surface area contributed by atoms with Crippen LogP contribution in [0.3, 0.4) is 0 Å². The van der Waals surface area contributed by atoms with Crippen molar-refractivity contribution in [3.8, 4) is 11.5 Å². The summed E-state index contributed by atoms with van der Waals surface area (Å²) in [6.07, 6.45) is 1.41. The normalized spacial score (nSPS) is 10.2. The van der Waals surface area contributed by atoms with E-state index < -0.39 is 11.9 Å². The van der Waals surface area contributed by atoms with E-state index in [1.165, 1.54) is 18.2 Å². The SMILES string of the molecule is CCCCOc1ccc(CNC(=O)Oc2ccccc2F)cc1. The van der Waals surface area contributed by atoms with Gasteiger partial charge in [-0.25, -0.2) is 9.18 Å². The highest BCUT2D eigenvalue weighted by Crippen LogP contribution is 2.16. The summed E-state index contributed by atoms with van der Waals surface area (Å²) in [6, 6.07) is 13.2. The van der Waals surface area contributed by atoms with Gasteiger partial charge >= 0.3 is 6.09 Å². The molecule has 0 spiro atoms. The van der Waals surface area contributed by atoms with Crippen molar-refractivity contribution in [1.29, 1.82) is 0 Å². The zero-order valence-electron chi connectivity index (χ0n) is 13.0. The molecule has 0 fully saturated rings. The van der Waals surface area contributed by atoms with Crippen molar-refractivity contribution in [2.45, 2.75) is 26.3 Å². The molecule has 5 heteroatoms. The molecule has 2 aromatic carbocycles. The fraction of sp³-hybridized carbons (Fsp3) is 0.278. The largest absolute Gasteiger partial charge is 0.494 e. The van der Waals surface area contributed by atoms with Crippen molar-refractivity contribution in [3.63, 3.8) is 0 Å². The van der Waals surface area contributed by atoms with Crippen LogP contribution in [-0.4, -0.2) is 12.7 Å². The van der Waals surface area contributed by atoms with Crippen LogP contribution in [0.5, 0.6) is 11.5 Å². The third-order valence-corrected chi connectivity index (χ3v) is 3.17. The number of carbonyl (C=O) groups excluding carboxylic acids is 1. The number of para-hydroxylation sites is 1. The highest BCUT2D eigenvalue weighted by molar-refractivity contribution is 5.70. The second-order valence-corrected chi connectivity index (χ2v) is 5.02. The summed E-state index contributed by atoms with van der Waals surface area (Å²) in [7, 11) is 0. The smallest absolute Gasteiger partial charge is 0.412 e. The van der Waals surface area contributed by atoms with Gasteiger partial charge in [0.15, 0.2) is 11.6 Å². The maximum atomic E-state index is 13.4. The van der Waals surface area contributed by atoms with Crippen molar-refractivity contribution in [3.05, 3.63) is 59.9 Å². The topological polar surface area (TPSA) is 47.6 Å². The Kier molecular flexibility index (Phi) is 6.41. The van der Waals surface area contributed by atoms with Gasteiger partial charge in [-0.05, 0) is 36.2 Å². The van der Waals surface area contributed by atoms with E-state index in [-0.39, 0.29) is 5.75 Å². The molecule has 0 aliphatic rings. The Morgan fingerprint density at radius 2 is 1.87 bits per heavy atom. The van der Waals surface area contributed by atoms with E-state index in [1.54, 1.807) is 6.07 Å². The molecule has 0 atom stereocenters. The summed E-state index contributed by atoms with van der Waals surface area (Å²) >= 11 is 0. The summed E-state index contributed by atoms with van der Waals surface area (Å²) < 4.78 is 23.8. The molecule has 1 N–H and O–H groups in total. The third-order valence-electron chi connectivity index (χ3n) is 3.17. The molecule has 122 valence electrons. The van der Waals surface area contributed by atoms with Crippen LogP contribution in [0.15, 0.2) is 48.5 Å². The molecule has 0 saturated carbocycles. The molecule has 0 bridgehead atoms. The van der Waals surface area contributed by atoms with Gasteiger partial charge in [-0.2, -0.15) is 0 Å². The van der Waals surface area contributed by atoms with Crippen molar-refractivity contribution in [1.82, 2.24) is 5.32 Å². The van der Waals surface area contributed by atoms with E-state index in [1.807, 2.05) is 24.3 Å². The highest BCUT2D eigenvalue weighted by Gasteiger charge is 2.08. The van der Waals surface area contributed by atoms with Crippen molar-refractivity contribution in [2.75, 3.05) is 6.61 Å². The highest BCUT2D eigenvalue weighted by atomic mass is 19.1. The first-order valence-electron chi connectivity index (χ1n) is 7.61. The number of benzene rings is 2. The van der Waals surface area contributed by atoms with E-state index in [9.17, 15) is 9.18 Å². The number of carbonyl (C=O) groups is 1. The number of ether oxygens (including phenoxy) is 2. The minimum absolute atomic E-state index is 0.0929. The lowest BCUT2D eigenvalue weighted by Crippen LogP contribution is -2.26. The number of amides is 1. The zero-order chi connectivity index (χ0) is 16.5. The zero-order valence-corrected chi connectivity index (χ0v) is 13.0. The maximum absolute atomic E-state index is 13.4. The van der Waals surface area contributed by atoms with E-state index >= 15 is 0 Å². The summed E-state index contributed by atoms with van der Waals surface area (Å²) in [4.78, 5) is 11.7. The Morgan fingerprint density at radius 3 is 2.57 bits per heavy atom. The van der Waals surface area contributed by atoms with Crippen LogP contribution >= 0.6 is 0 Å². The number of nitrogens with one attached hydrogen (secondary N) is 1. The first-order chi connectivity index (χ1) is 11.2. The van der Waals surface area contributed by atoms with Gasteiger partial charge in [0.2, 0.25) is 0 Å². The lowest BCUT2D eigenvalue weighted by molar-refractivity contribution is 0.198. The summed E-state index contributed by atoms with van der Waals surface area (Å²) in [5, 5.41) is 2.58. The van der Waals surface area contributed by atoms with Crippen LogP contribution in [0.25, 0.3) is 0 Å². The number of hydrogen-bond acceptors (Lipinski definition) is 3. The lowest BCUT2D eigenvalue weighted by atomic mass is 10.2. The second-order valence-electron chi connectivity index (χ2n) is 5.02. The quantitative estimate of drug-likeness (QED) is 0.775. The minimum atomic E-state index is -0.696. The number of halogens is 1. The Labute approximate surface area is 135 Å². The molecule has 0 heterocycles. The van der Waals surface area contributed by atoms with E-state index in [4.69, 9.17) is 9.47 Å². The summed E-state index contributed by atoms with van der Waals surface area (Å²) in [5.74, 6) is 0.136. The molecule has 2 rings (SSSR count). The molecule has 0 aliphatic heterocycles. The van der Waals surface area contributed by atoms with E-state index in [2.05, 4.69) is 12.2 Å². The molecular formula is C18H20FNO3. The number of unbranched alkanes of at least 4 members (excludes halogenated alkanes) is 1. The molecule has 0 unspecified atom stereocenters. The average Bonchev–Trinajstić information content (AvgIpc) is 2.56. The molecule has 0 aromatic heterocycles. The average molecular weight is 317 g/mol. The van der Waals surface area contributed by atoms with Gasteiger partial charge in [0.25, 0.3) is 0 Å². The summed E-state index contributed by atoms with van der Waals surface area (Å²) in [5.41, 5.74) is 0.901. The van der Waals surface area contributed by atoms with Gasteiger partial charge < -0.3 is 14.8 Å². The number of hydrogen-bond donors (Lipinski definition) is 1. The maximum Gasteiger partial charge on any atom is 0.412 e. The van der Waals surface area contributed by atoms with Crippen molar-refractivity contribution >= 4 is 6.09 Å². The Bertz CT molecular complexity index is 628. The Balaban J connectivity index is 1.79. The lowest BCUT2D eigenvalue weighted by Gasteiger charge is -2.08. The van der Waals surface area contributed by atoms with Gasteiger partial charge in [0.1, 0.15) is 5.75 Å². The third kappa shape index (κ3) is 5.62. The van der Waals surface area contributed by atoms with Crippen LogP contribution in [-0.2, 0) is 6.54 Å². The fourth-order valence-electron chi connectivity index (χ4n) is 1.88. The summed E-state index contributed by atoms with van der Waals surface area (Å²) in [6.45, 7) is 3.10. The van der Waals surface area contributed by atoms with Crippen LogP contribution in [0.1, 0.15) is 25.3 Å². The molecule has 1 amide bonds. The van der Waals surface area contributed by atoms with Gasteiger partial charge in [-0.15, -0.1) is 0 Å². The monoisotopic (exact) mass is 317 g/mol. The van der Waals surface area contributed by atoms with Crippen LogP contribution in [0.2, 0.25) is 0 Å². The molecule has 0 aliphatic carbocycles. The predicted octanol–water partition coefficient (Wildman–Crippen LogP) is 4.29. The number of rotatable bonds is 7. The molecule has 4 nitrogen and oxygen atoms in total. The fourth-order valence-corrected chi connectivity index (χ4v) is 1.88. The minimum Gasteiger partial charge on any atom is -0.494 e. The Morgan fingerprint density at radius 1 is 1.13 bits per heavy atom. The molecule has 2 aromatic rings. The van der Waals surface area contributed by atoms with Crippen molar-refractivity contribution in [2.24, 2.45) is 0 Å². The van der Waals surface area contributed by atoms with Gasteiger partial charge in [-0.1, -0.05) is 37.6 Å². The van der Waals surface area contributed by atoms with Crippen LogP contribution in [0, 0.1) is 5.82 Å². The van der Waals surface area contributed by atoms with Gasteiger partial charge in [0.05, 0.1) is 6.61 Å². The second kappa shape index (κ2) is 8.78. The Hall–Kier alpha value is -2.56. The van der Waals surface area contributed by atoms with Crippen LogP contribution < -0.4 is 14.8 Å². The molecular weight excluding hydrogens is 297 g/mol. The first-order valence-corrected chi connectivity index (χ1v) is 7.61. The predicted molar refractivity (Wildman–Crippen MR) is 86.1 cm³/mol.